The summed E-state index contributed by atoms with van der Waals surface area (Å²) in [7, 11) is 2.21. The van der Waals surface area contributed by atoms with Crippen LogP contribution < -0.4 is 4.74 Å². The Morgan fingerprint density at radius 3 is 1.96 bits per heavy atom. The first-order valence-corrected chi connectivity index (χ1v) is 9.00. The van der Waals surface area contributed by atoms with Gasteiger partial charge >= 0.3 is 0 Å². The average Bonchev–Trinajstić information content (AvgIpc) is 2.47. The molecule has 0 aromatic heterocycles. The van der Waals surface area contributed by atoms with Crippen molar-refractivity contribution in [2.75, 3.05) is 34.3 Å². The standard InChI is InChI=1S/C11H18NO.C7H8O3S/c1-12(2,3)9-10-13-11-7-5-4-6-8-11;1-6-2-4-7(5-3-6)11(8,9)10/h4-8H,9-10H2,1-3H3;2-5H,1H3,(H,8,9,10)/q+1;/p-1. The van der Waals surface area contributed by atoms with Crippen LogP contribution in [0.4, 0.5) is 0 Å². The van der Waals surface area contributed by atoms with Gasteiger partial charge in [0.05, 0.1) is 26.0 Å². The Kier molecular flexibility index (Phi) is 7.41. The summed E-state index contributed by atoms with van der Waals surface area (Å²) in [5.41, 5.74) is 0.928. The lowest BCUT2D eigenvalue weighted by Gasteiger charge is -2.23. The van der Waals surface area contributed by atoms with Gasteiger partial charge in [0.25, 0.3) is 0 Å². The Labute approximate surface area is 144 Å². The van der Waals surface area contributed by atoms with Crippen LogP contribution in [0.3, 0.4) is 0 Å². The van der Waals surface area contributed by atoms with Crippen LogP contribution in [-0.2, 0) is 10.1 Å². The van der Waals surface area contributed by atoms with Crippen molar-refractivity contribution >= 4 is 10.1 Å². The van der Waals surface area contributed by atoms with Crippen LogP contribution in [0.1, 0.15) is 5.56 Å². The number of hydrogen-bond donors (Lipinski definition) is 0. The fourth-order valence-electron chi connectivity index (χ4n) is 1.66. The highest BCUT2D eigenvalue weighted by atomic mass is 32.2. The molecular weight excluding hydrogens is 326 g/mol. The molecule has 0 radical (unpaired) electrons. The third-order valence-corrected chi connectivity index (χ3v) is 3.93. The Morgan fingerprint density at radius 2 is 1.50 bits per heavy atom. The minimum Gasteiger partial charge on any atom is -0.744 e. The highest BCUT2D eigenvalue weighted by Gasteiger charge is 2.05. The normalized spacial score (nSPS) is 11.4. The molecule has 0 bridgehead atoms. The van der Waals surface area contributed by atoms with Crippen LogP contribution in [0.5, 0.6) is 5.75 Å². The summed E-state index contributed by atoms with van der Waals surface area (Å²) >= 11 is 0. The first kappa shape index (κ1) is 20.2. The number of para-hydroxylation sites is 1. The van der Waals surface area contributed by atoms with Crippen molar-refractivity contribution < 1.29 is 22.2 Å². The molecule has 0 spiro atoms. The van der Waals surface area contributed by atoms with Gasteiger partial charge in [-0.1, -0.05) is 35.9 Å². The number of rotatable bonds is 5. The molecule has 0 fully saturated rings. The van der Waals surface area contributed by atoms with Gasteiger partial charge in [-0.3, -0.25) is 0 Å². The lowest BCUT2D eigenvalue weighted by Crippen LogP contribution is -2.38. The van der Waals surface area contributed by atoms with Gasteiger partial charge in [0, 0.05) is 0 Å². The van der Waals surface area contributed by atoms with Gasteiger partial charge < -0.3 is 13.8 Å². The van der Waals surface area contributed by atoms with E-state index in [1.807, 2.05) is 37.3 Å². The van der Waals surface area contributed by atoms with Crippen molar-refractivity contribution in [3.63, 3.8) is 0 Å². The van der Waals surface area contributed by atoms with Crippen LogP contribution in [0.25, 0.3) is 0 Å². The van der Waals surface area contributed by atoms with Crippen molar-refractivity contribution in [3.8, 4) is 5.75 Å². The molecule has 2 rings (SSSR count). The lowest BCUT2D eigenvalue weighted by molar-refractivity contribution is -0.870. The second kappa shape index (κ2) is 8.82. The monoisotopic (exact) mass is 351 g/mol. The van der Waals surface area contributed by atoms with Gasteiger partial charge in [-0.05, 0) is 31.2 Å². The summed E-state index contributed by atoms with van der Waals surface area (Å²) in [4.78, 5) is -0.178. The molecule has 0 heterocycles. The topological polar surface area (TPSA) is 66.4 Å². The van der Waals surface area contributed by atoms with Crippen molar-refractivity contribution in [2.45, 2.75) is 11.8 Å². The minimum atomic E-state index is -4.27. The zero-order valence-electron chi connectivity index (χ0n) is 14.6. The second-order valence-electron chi connectivity index (χ2n) is 6.44. The van der Waals surface area contributed by atoms with Crippen molar-refractivity contribution in [1.82, 2.24) is 0 Å². The van der Waals surface area contributed by atoms with Gasteiger partial charge in [-0.15, -0.1) is 0 Å². The first-order chi connectivity index (χ1) is 11.1. The number of quaternary nitrogens is 1. The van der Waals surface area contributed by atoms with Crippen LogP contribution in [0, 0.1) is 6.92 Å². The average molecular weight is 351 g/mol. The molecule has 0 aliphatic carbocycles. The molecule has 0 amide bonds. The van der Waals surface area contributed by atoms with E-state index in [1.54, 1.807) is 12.1 Å². The molecule has 0 N–H and O–H groups in total. The molecule has 0 aliphatic heterocycles. The molecular formula is C18H25NO4S. The van der Waals surface area contributed by atoms with E-state index in [9.17, 15) is 13.0 Å². The third-order valence-electron chi connectivity index (χ3n) is 3.08. The molecule has 5 nitrogen and oxygen atoms in total. The highest BCUT2D eigenvalue weighted by molar-refractivity contribution is 7.85. The fourth-order valence-corrected chi connectivity index (χ4v) is 2.13. The zero-order valence-corrected chi connectivity index (χ0v) is 15.4. The van der Waals surface area contributed by atoms with E-state index in [0.717, 1.165) is 28.9 Å². The van der Waals surface area contributed by atoms with Crippen molar-refractivity contribution in [1.29, 1.82) is 0 Å². The van der Waals surface area contributed by atoms with E-state index in [4.69, 9.17) is 4.74 Å². The predicted molar refractivity (Wildman–Crippen MR) is 94.0 cm³/mol. The Bertz CT molecular complexity index is 705. The number of aryl methyl sites for hydroxylation is 1. The quantitative estimate of drug-likeness (QED) is 0.613. The summed E-state index contributed by atoms with van der Waals surface area (Å²) in [5.74, 6) is 0.955. The van der Waals surface area contributed by atoms with Gasteiger partial charge in [0.2, 0.25) is 0 Å². The summed E-state index contributed by atoms with van der Waals surface area (Å²) in [6, 6.07) is 15.7. The Balaban J connectivity index is 0.000000243. The van der Waals surface area contributed by atoms with Gasteiger partial charge in [-0.25, -0.2) is 8.42 Å². The number of hydrogen-bond acceptors (Lipinski definition) is 4. The number of ether oxygens (including phenoxy) is 1. The summed E-state index contributed by atoms with van der Waals surface area (Å²) in [6.45, 7) is 3.61. The van der Waals surface area contributed by atoms with E-state index in [2.05, 4.69) is 21.1 Å². The van der Waals surface area contributed by atoms with Crippen LogP contribution in [0.2, 0.25) is 0 Å². The summed E-state index contributed by atoms with van der Waals surface area (Å²) in [6.07, 6.45) is 0. The van der Waals surface area contributed by atoms with E-state index < -0.39 is 10.1 Å². The highest BCUT2D eigenvalue weighted by Crippen LogP contribution is 2.09. The van der Waals surface area contributed by atoms with E-state index >= 15 is 0 Å². The number of nitrogens with zero attached hydrogens (tertiary/aromatic N) is 1. The maximum atomic E-state index is 10.4. The number of likely N-dealkylation sites (N-methyl/N-ethyl adjacent to an activating group) is 1. The van der Waals surface area contributed by atoms with Crippen LogP contribution in [0.15, 0.2) is 59.5 Å². The molecule has 132 valence electrons. The lowest BCUT2D eigenvalue weighted by atomic mass is 10.2. The van der Waals surface area contributed by atoms with E-state index in [0.29, 0.717) is 0 Å². The Hall–Kier alpha value is -1.89. The maximum Gasteiger partial charge on any atom is 0.137 e. The summed E-state index contributed by atoms with van der Waals surface area (Å²) in [5, 5.41) is 0. The van der Waals surface area contributed by atoms with Crippen LogP contribution in [-0.4, -0.2) is 51.7 Å². The van der Waals surface area contributed by atoms with Crippen molar-refractivity contribution in [2.24, 2.45) is 0 Å². The molecule has 24 heavy (non-hydrogen) atoms. The molecule has 0 saturated heterocycles. The third kappa shape index (κ3) is 8.67. The van der Waals surface area contributed by atoms with Gasteiger partial charge in [0.1, 0.15) is 29.0 Å². The molecule has 0 saturated carbocycles. The SMILES string of the molecule is C[N+](C)(C)CCOc1ccccc1.Cc1ccc(S(=O)(=O)[O-])cc1. The second-order valence-corrected chi connectivity index (χ2v) is 7.82. The summed E-state index contributed by atoms with van der Waals surface area (Å²) < 4.78 is 37.7. The smallest absolute Gasteiger partial charge is 0.137 e. The fraction of sp³-hybridized carbons (Fsp3) is 0.333. The molecule has 2 aromatic carbocycles. The molecule has 2 aromatic rings. The predicted octanol–water partition coefficient (Wildman–Crippen LogP) is 2.67. The zero-order chi connectivity index (χ0) is 18.2. The van der Waals surface area contributed by atoms with E-state index in [1.165, 1.54) is 12.1 Å². The first-order valence-electron chi connectivity index (χ1n) is 7.59. The molecule has 0 aliphatic rings. The molecule has 0 unspecified atom stereocenters. The van der Waals surface area contributed by atoms with Crippen LogP contribution >= 0.6 is 0 Å². The molecule has 6 heteroatoms. The van der Waals surface area contributed by atoms with Crippen molar-refractivity contribution in [3.05, 3.63) is 60.2 Å². The van der Waals surface area contributed by atoms with Gasteiger partial charge in [-0.2, -0.15) is 0 Å². The minimum absolute atomic E-state index is 0.178. The maximum absolute atomic E-state index is 10.4. The number of benzene rings is 2. The van der Waals surface area contributed by atoms with Gasteiger partial charge in [0.15, 0.2) is 0 Å². The molecule has 0 atom stereocenters. The van der Waals surface area contributed by atoms with E-state index in [-0.39, 0.29) is 4.90 Å². The largest absolute Gasteiger partial charge is 0.744 e. The Morgan fingerprint density at radius 1 is 0.958 bits per heavy atom.